The van der Waals surface area contributed by atoms with Crippen LogP contribution in [-0.4, -0.2) is 20.7 Å². The highest BCUT2D eigenvalue weighted by Gasteiger charge is 2.09. The first-order chi connectivity index (χ1) is 9.58. The van der Waals surface area contributed by atoms with Gasteiger partial charge in [0.15, 0.2) is 0 Å². The number of hydrogen-bond donors (Lipinski definition) is 2. The van der Waals surface area contributed by atoms with Crippen LogP contribution in [0.4, 0.5) is 5.82 Å². The average molecular weight is 273 g/mol. The first-order valence-corrected chi connectivity index (χ1v) is 6.61. The normalized spacial score (nSPS) is 10.5. The van der Waals surface area contributed by atoms with Gasteiger partial charge in [-0.15, -0.1) is 0 Å². The van der Waals surface area contributed by atoms with Crippen LogP contribution in [0.3, 0.4) is 0 Å². The SMILES string of the molecule is CCCc1cc(C(=O)NCc2ccn(C)n2)cc(N)n1. The minimum absolute atomic E-state index is 0.165. The Balaban J connectivity index is 2.04. The van der Waals surface area contributed by atoms with Gasteiger partial charge in [-0.25, -0.2) is 4.98 Å². The summed E-state index contributed by atoms with van der Waals surface area (Å²) in [5.41, 5.74) is 7.93. The molecule has 0 saturated carbocycles. The zero-order chi connectivity index (χ0) is 14.5. The molecule has 0 atom stereocenters. The summed E-state index contributed by atoms with van der Waals surface area (Å²) < 4.78 is 1.70. The molecule has 0 fully saturated rings. The molecule has 20 heavy (non-hydrogen) atoms. The van der Waals surface area contributed by atoms with Gasteiger partial charge in [0.1, 0.15) is 5.82 Å². The van der Waals surface area contributed by atoms with E-state index < -0.39 is 0 Å². The van der Waals surface area contributed by atoms with Crippen molar-refractivity contribution in [2.75, 3.05) is 5.73 Å². The molecule has 6 heteroatoms. The number of nitrogen functional groups attached to an aromatic ring is 1. The highest BCUT2D eigenvalue weighted by atomic mass is 16.1. The van der Waals surface area contributed by atoms with Crippen LogP contribution in [0.15, 0.2) is 24.4 Å². The lowest BCUT2D eigenvalue weighted by Crippen LogP contribution is -2.23. The molecule has 0 aromatic carbocycles. The number of aromatic nitrogens is 3. The van der Waals surface area contributed by atoms with Crippen LogP contribution >= 0.6 is 0 Å². The van der Waals surface area contributed by atoms with Gasteiger partial charge < -0.3 is 11.1 Å². The molecule has 0 aliphatic rings. The standard InChI is InChI=1S/C14H19N5O/c1-3-4-11-7-10(8-13(15)17-11)14(20)16-9-12-5-6-19(2)18-12/h5-8H,3-4,9H2,1-2H3,(H2,15,17)(H,16,20). The number of pyridine rings is 1. The second kappa shape index (κ2) is 6.18. The monoisotopic (exact) mass is 273 g/mol. The van der Waals surface area contributed by atoms with E-state index >= 15 is 0 Å². The van der Waals surface area contributed by atoms with E-state index in [0.29, 0.717) is 17.9 Å². The average Bonchev–Trinajstić information content (AvgIpc) is 2.81. The summed E-state index contributed by atoms with van der Waals surface area (Å²) in [4.78, 5) is 16.3. The first kappa shape index (κ1) is 14.0. The molecule has 2 rings (SSSR count). The Bertz CT molecular complexity index is 605. The van der Waals surface area contributed by atoms with Crippen molar-refractivity contribution in [2.24, 2.45) is 7.05 Å². The lowest BCUT2D eigenvalue weighted by Gasteiger charge is -2.06. The summed E-state index contributed by atoms with van der Waals surface area (Å²) >= 11 is 0. The van der Waals surface area contributed by atoms with Crippen molar-refractivity contribution in [3.8, 4) is 0 Å². The summed E-state index contributed by atoms with van der Waals surface area (Å²) in [7, 11) is 1.84. The van der Waals surface area contributed by atoms with Crippen LogP contribution < -0.4 is 11.1 Å². The highest BCUT2D eigenvalue weighted by Crippen LogP contribution is 2.10. The zero-order valence-corrected chi connectivity index (χ0v) is 11.8. The third-order valence-electron chi connectivity index (χ3n) is 2.87. The fourth-order valence-electron chi connectivity index (χ4n) is 1.96. The smallest absolute Gasteiger partial charge is 0.251 e. The minimum atomic E-state index is -0.165. The van der Waals surface area contributed by atoms with E-state index in [-0.39, 0.29) is 5.91 Å². The molecular formula is C14H19N5O. The molecule has 3 N–H and O–H groups in total. The number of hydrogen-bond acceptors (Lipinski definition) is 4. The summed E-state index contributed by atoms with van der Waals surface area (Å²) in [6.07, 6.45) is 3.61. The summed E-state index contributed by atoms with van der Waals surface area (Å²) in [5, 5.41) is 7.03. The van der Waals surface area contributed by atoms with Gasteiger partial charge in [0, 0.05) is 24.5 Å². The molecule has 0 aliphatic heterocycles. The number of nitrogens with zero attached hydrogens (tertiary/aromatic N) is 3. The van der Waals surface area contributed by atoms with Crippen LogP contribution in [0.5, 0.6) is 0 Å². The number of nitrogens with one attached hydrogen (secondary N) is 1. The van der Waals surface area contributed by atoms with Crippen LogP contribution in [0, 0.1) is 0 Å². The van der Waals surface area contributed by atoms with Crippen LogP contribution in [0.2, 0.25) is 0 Å². The van der Waals surface area contributed by atoms with Crippen LogP contribution in [0.25, 0.3) is 0 Å². The predicted octanol–water partition coefficient (Wildman–Crippen LogP) is 1.28. The number of carbonyl (C=O) groups excluding carboxylic acids is 1. The molecule has 0 aliphatic carbocycles. The number of rotatable bonds is 5. The van der Waals surface area contributed by atoms with E-state index in [2.05, 4.69) is 22.3 Å². The number of carbonyl (C=O) groups is 1. The lowest BCUT2D eigenvalue weighted by molar-refractivity contribution is 0.0950. The third kappa shape index (κ3) is 3.57. The third-order valence-corrected chi connectivity index (χ3v) is 2.87. The van der Waals surface area contributed by atoms with Crippen molar-refractivity contribution >= 4 is 11.7 Å². The molecule has 2 aromatic heterocycles. The Morgan fingerprint density at radius 1 is 1.40 bits per heavy atom. The quantitative estimate of drug-likeness (QED) is 0.859. The number of anilines is 1. The van der Waals surface area contributed by atoms with Crippen molar-refractivity contribution in [3.63, 3.8) is 0 Å². The van der Waals surface area contributed by atoms with E-state index in [1.807, 2.05) is 19.3 Å². The molecule has 106 valence electrons. The second-order valence-electron chi connectivity index (χ2n) is 4.69. The largest absolute Gasteiger partial charge is 0.384 e. The Labute approximate surface area is 118 Å². The summed E-state index contributed by atoms with van der Waals surface area (Å²) in [5.74, 6) is 0.209. The molecule has 2 heterocycles. The summed E-state index contributed by atoms with van der Waals surface area (Å²) in [6.45, 7) is 2.46. The number of nitrogens with two attached hydrogens (primary N) is 1. The Hall–Kier alpha value is -2.37. The first-order valence-electron chi connectivity index (χ1n) is 6.61. The van der Waals surface area contributed by atoms with Gasteiger partial charge >= 0.3 is 0 Å². The fraction of sp³-hybridized carbons (Fsp3) is 0.357. The lowest BCUT2D eigenvalue weighted by atomic mass is 10.1. The van der Waals surface area contributed by atoms with Gasteiger partial charge in [0.25, 0.3) is 5.91 Å². The van der Waals surface area contributed by atoms with Gasteiger partial charge in [0.2, 0.25) is 0 Å². The Morgan fingerprint density at radius 2 is 2.20 bits per heavy atom. The van der Waals surface area contributed by atoms with Gasteiger partial charge in [-0.3, -0.25) is 9.48 Å². The van der Waals surface area contributed by atoms with Crippen molar-refractivity contribution in [1.29, 1.82) is 0 Å². The molecule has 0 saturated heterocycles. The van der Waals surface area contributed by atoms with Crippen molar-refractivity contribution in [2.45, 2.75) is 26.3 Å². The molecule has 6 nitrogen and oxygen atoms in total. The molecule has 0 spiro atoms. The van der Waals surface area contributed by atoms with E-state index in [1.54, 1.807) is 16.8 Å². The molecule has 1 amide bonds. The van der Waals surface area contributed by atoms with Gasteiger partial charge in [-0.1, -0.05) is 13.3 Å². The van der Waals surface area contributed by atoms with Gasteiger partial charge in [-0.2, -0.15) is 5.10 Å². The zero-order valence-electron chi connectivity index (χ0n) is 11.8. The topological polar surface area (TPSA) is 85.8 Å². The van der Waals surface area contributed by atoms with Crippen molar-refractivity contribution in [1.82, 2.24) is 20.1 Å². The van der Waals surface area contributed by atoms with E-state index in [0.717, 1.165) is 24.2 Å². The highest BCUT2D eigenvalue weighted by molar-refractivity contribution is 5.94. The maximum absolute atomic E-state index is 12.1. The molecule has 0 bridgehead atoms. The second-order valence-corrected chi connectivity index (χ2v) is 4.69. The minimum Gasteiger partial charge on any atom is -0.384 e. The van der Waals surface area contributed by atoms with Gasteiger partial charge in [0.05, 0.1) is 12.2 Å². The van der Waals surface area contributed by atoms with E-state index in [1.165, 1.54) is 0 Å². The van der Waals surface area contributed by atoms with Crippen LogP contribution in [-0.2, 0) is 20.0 Å². The predicted molar refractivity (Wildman–Crippen MR) is 77.0 cm³/mol. The van der Waals surface area contributed by atoms with Crippen LogP contribution in [0.1, 0.15) is 35.1 Å². The van der Waals surface area contributed by atoms with E-state index in [4.69, 9.17) is 5.73 Å². The number of aryl methyl sites for hydroxylation is 2. The van der Waals surface area contributed by atoms with E-state index in [9.17, 15) is 4.79 Å². The fourth-order valence-corrected chi connectivity index (χ4v) is 1.96. The van der Waals surface area contributed by atoms with Crippen molar-refractivity contribution < 1.29 is 4.79 Å². The Morgan fingerprint density at radius 3 is 2.85 bits per heavy atom. The maximum atomic E-state index is 12.1. The van der Waals surface area contributed by atoms with Crippen molar-refractivity contribution in [3.05, 3.63) is 41.3 Å². The molecular weight excluding hydrogens is 254 g/mol. The molecule has 0 unspecified atom stereocenters. The summed E-state index contributed by atoms with van der Waals surface area (Å²) in [6, 6.07) is 5.24. The number of amides is 1. The maximum Gasteiger partial charge on any atom is 0.251 e. The Kier molecular flexibility index (Phi) is 4.34. The van der Waals surface area contributed by atoms with Gasteiger partial charge in [-0.05, 0) is 24.6 Å². The molecule has 0 radical (unpaired) electrons. The molecule has 2 aromatic rings.